The number of amides is 4. The van der Waals surface area contributed by atoms with Crippen LogP contribution in [0.3, 0.4) is 0 Å². The van der Waals surface area contributed by atoms with Crippen molar-refractivity contribution in [1.29, 1.82) is 0 Å². The van der Waals surface area contributed by atoms with Crippen molar-refractivity contribution in [3.8, 4) is 22.6 Å². The smallest absolute Gasteiger partial charge is 0.416 e. The monoisotopic (exact) mass is 854 g/mol. The van der Waals surface area contributed by atoms with Crippen molar-refractivity contribution in [2.75, 3.05) is 56.1 Å². The van der Waals surface area contributed by atoms with Gasteiger partial charge in [0.15, 0.2) is 24.0 Å². The van der Waals surface area contributed by atoms with Gasteiger partial charge in [-0.1, -0.05) is 12.1 Å². The van der Waals surface area contributed by atoms with Crippen LogP contribution in [0.1, 0.15) is 89.6 Å². The van der Waals surface area contributed by atoms with E-state index in [1.807, 2.05) is 18.3 Å². The summed E-state index contributed by atoms with van der Waals surface area (Å²) in [5.41, 5.74) is 4.00. The highest BCUT2D eigenvalue weighted by atomic mass is 16.7. The Kier molecular flexibility index (Phi) is 13.8. The van der Waals surface area contributed by atoms with E-state index in [4.69, 9.17) is 28.4 Å². The molecule has 0 bridgehead atoms. The Bertz CT molecular complexity index is 2280. The molecule has 0 radical (unpaired) electrons. The molecular weight excluding hydrogens is 801 g/mol. The number of hydrogen-bond donors (Lipinski definition) is 2. The second-order valence-corrected chi connectivity index (χ2v) is 15.4. The molecule has 0 aliphatic carbocycles. The predicted molar refractivity (Wildman–Crippen MR) is 229 cm³/mol. The third kappa shape index (κ3) is 9.58. The number of nitrogens with one attached hydrogen (secondary N) is 2. The van der Waals surface area contributed by atoms with E-state index in [9.17, 15) is 24.0 Å². The molecule has 17 heteroatoms. The van der Waals surface area contributed by atoms with Gasteiger partial charge in [-0.3, -0.25) is 14.4 Å². The molecule has 2 aromatic heterocycles. The zero-order valence-electron chi connectivity index (χ0n) is 35.8. The van der Waals surface area contributed by atoms with Crippen LogP contribution in [0.15, 0.2) is 60.9 Å². The van der Waals surface area contributed by atoms with Crippen LogP contribution in [0.4, 0.5) is 21.9 Å². The van der Waals surface area contributed by atoms with Gasteiger partial charge in [-0.2, -0.15) is 0 Å². The molecule has 4 aromatic rings. The van der Waals surface area contributed by atoms with Crippen molar-refractivity contribution in [3.05, 3.63) is 77.9 Å². The number of rotatable bonds is 14. The fraction of sp³-hybridized carbons (Fsp3) is 0.444. The number of piperidine rings is 1. The maximum atomic E-state index is 14.2. The third-order valence-corrected chi connectivity index (χ3v) is 11.3. The maximum Gasteiger partial charge on any atom is 0.416 e. The summed E-state index contributed by atoms with van der Waals surface area (Å²) >= 11 is 0. The largest absolute Gasteiger partial charge is 0.493 e. The Hall–Kier alpha value is -6.33. The number of nitrogens with zero attached hydrogens (tertiary/aromatic N) is 4. The molecule has 2 fully saturated rings. The average molecular weight is 855 g/mol. The lowest BCUT2D eigenvalue weighted by Gasteiger charge is -2.42. The van der Waals surface area contributed by atoms with Gasteiger partial charge in [-0.05, 0) is 87.8 Å². The highest BCUT2D eigenvalue weighted by molar-refractivity contribution is 6.06. The van der Waals surface area contributed by atoms with Crippen LogP contribution < -0.4 is 25.0 Å². The molecule has 17 nitrogen and oxygen atoms in total. The number of esters is 1. The summed E-state index contributed by atoms with van der Waals surface area (Å²) in [5, 5.41) is 5.74. The summed E-state index contributed by atoms with van der Waals surface area (Å²) in [4.78, 5) is 69.6. The van der Waals surface area contributed by atoms with Crippen LogP contribution in [0.5, 0.6) is 11.5 Å². The van der Waals surface area contributed by atoms with Crippen LogP contribution in [0.2, 0.25) is 0 Å². The molecule has 3 aliphatic rings. The summed E-state index contributed by atoms with van der Waals surface area (Å²) in [6, 6.07) is 13.3. The van der Waals surface area contributed by atoms with Crippen molar-refractivity contribution in [3.63, 3.8) is 0 Å². The van der Waals surface area contributed by atoms with Gasteiger partial charge in [0.2, 0.25) is 5.91 Å². The van der Waals surface area contributed by atoms with Gasteiger partial charge in [0.1, 0.15) is 11.4 Å². The van der Waals surface area contributed by atoms with Crippen molar-refractivity contribution in [2.45, 2.75) is 76.9 Å². The number of methoxy groups -OCH3 is 2. The molecule has 330 valence electrons. The van der Waals surface area contributed by atoms with E-state index in [-0.39, 0.29) is 54.4 Å². The number of hydrogen-bond acceptors (Lipinski definition) is 11. The van der Waals surface area contributed by atoms with Crippen LogP contribution in [-0.2, 0) is 37.8 Å². The normalized spacial score (nSPS) is 18.5. The molecule has 2 saturated heterocycles. The van der Waals surface area contributed by atoms with Gasteiger partial charge in [0.05, 0.1) is 50.4 Å². The first-order chi connectivity index (χ1) is 30.0. The second-order valence-electron chi connectivity index (χ2n) is 15.4. The first kappa shape index (κ1) is 43.7. The zero-order valence-corrected chi connectivity index (χ0v) is 35.8. The quantitative estimate of drug-likeness (QED) is 0.102. The molecule has 62 heavy (non-hydrogen) atoms. The molecular formula is C45H54N6O11. The molecule has 2 unspecified atom stereocenters. The highest BCUT2D eigenvalue weighted by Crippen LogP contribution is 2.42. The van der Waals surface area contributed by atoms with Gasteiger partial charge in [-0.15, -0.1) is 0 Å². The minimum absolute atomic E-state index is 0.0972. The van der Waals surface area contributed by atoms with Crippen molar-refractivity contribution >= 4 is 46.8 Å². The number of benzene rings is 2. The summed E-state index contributed by atoms with van der Waals surface area (Å²) in [7, 11) is 6.29. The van der Waals surface area contributed by atoms with Crippen molar-refractivity contribution in [1.82, 2.24) is 14.0 Å². The Morgan fingerprint density at radius 1 is 0.839 bits per heavy atom. The Balaban J connectivity index is 0.987. The second kappa shape index (κ2) is 19.6. The van der Waals surface area contributed by atoms with Gasteiger partial charge < -0.3 is 53.1 Å². The first-order valence-electron chi connectivity index (χ1n) is 21.0. The number of aryl methyl sites for hydroxylation is 2. The molecule has 4 amide bonds. The summed E-state index contributed by atoms with van der Waals surface area (Å²) in [5.74, 6) is -0.746. The number of fused-ring (bicyclic) bond motifs is 2. The minimum Gasteiger partial charge on any atom is -0.493 e. The van der Waals surface area contributed by atoms with E-state index in [1.165, 1.54) is 19.1 Å². The Morgan fingerprint density at radius 3 is 2.34 bits per heavy atom. The van der Waals surface area contributed by atoms with Crippen molar-refractivity contribution in [2.24, 2.45) is 14.1 Å². The summed E-state index contributed by atoms with van der Waals surface area (Å²) < 4.78 is 38.1. The van der Waals surface area contributed by atoms with E-state index in [1.54, 1.807) is 77.6 Å². The standard InChI is InChI=1S/C45H54N6O11/c1-6-59-45(56)51-34-25-38(37(57-4)24-32(34)42(54)50-19-9-7-12-33(50)43(51)62-40-14-8-10-20-61-40)60-21-11-13-39(52)46-31-23-35(49(3)27-31)41(53)47-30-17-15-28(16-18-30)29-22-36(44(55)58-5)48(2)26-29/h15-18,22-27,33,40,43H,6-14,19-21H2,1-5H3,(H,46,52)(H,47,53)/t33-,40?,43?/m0/s1. The Labute approximate surface area is 360 Å². The SMILES string of the molecule is CCOC(=O)N1c2cc(OCCCC(=O)Nc3cc(C(=O)Nc4ccc(-c5cc(C(=O)OC)n(C)c5)cc4)n(C)c3)c(OC)cc2C(=O)N2CCCC[C@H]2C1OC1CCCCO1. The zero-order chi connectivity index (χ0) is 43.9. The minimum atomic E-state index is -0.867. The fourth-order valence-electron chi connectivity index (χ4n) is 8.15. The van der Waals surface area contributed by atoms with Gasteiger partial charge >= 0.3 is 12.1 Å². The third-order valence-electron chi connectivity index (χ3n) is 11.3. The van der Waals surface area contributed by atoms with E-state index >= 15 is 0 Å². The molecule has 0 spiro atoms. The fourth-order valence-corrected chi connectivity index (χ4v) is 8.15. The lowest BCUT2D eigenvalue weighted by atomic mass is 10.00. The Morgan fingerprint density at radius 2 is 1.61 bits per heavy atom. The van der Waals surface area contributed by atoms with Gasteiger partial charge in [-0.25, -0.2) is 14.5 Å². The molecule has 2 aromatic carbocycles. The molecule has 5 heterocycles. The van der Waals surface area contributed by atoms with Gasteiger partial charge in [0, 0.05) is 63.4 Å². The molecule has 7 rings (SSSR count). The first-order valence-corrected chi connectivity index (χ1v) is 21.0. The number of ether oxygens (including phenoxy) is 6. The van der Waals surface area contributed by atoms with E-state index < -0.39 is 30.6 Å². The molecule has 2 N–H and O–H groups in total. The van der Waals surface area contributed by atoms with E-state index in [0.717, 1.165) is 36.8 Å². The van der Waals surface area contributed by atoms with Crippen molar-refractivity contribution < 1.29 is 52.4 Å². The van der Waals surface area contributed by atoms with Crippen LogP contribution >= 0.6 is 0 Å². The maximum absolute atomic E-state index is 14.2. The molecule has 3 aliphatic heterocycles. The summed E-state index contributed by atoms with van der Waals surface area (Å²) in [6.45, 7) is 3.01. The topological polar surface area (TPSA) is 181 Å². The molecule has 0 saturated carbocycles. The van der Waals surface area contributed by atoms with Crippen LogP contribution in [0.25, 0.3) is 11.1 Å². The van der Waals surface area contributed by atoms with Crippen LogP contribution in [-0.4, -0.2) is 103 Å². The van der Waals surface area contributed by atoms with Gasteiger partial charge in [0.25, 0.3) is 11.8 Å². The molecule has 3 atom stereocenters. The lowest BCUT2D eigenvalue weighted by molar-refractivity contribution is -0.198. The number of carbonyl (C=O) groups is 5. The number of aromatic nitrogens is 2. The van der Waals surface area contributed by atoms with E-state index in [2.05, 4.69) is 10.6 Å². The average Bonchev–Trinajstić information content (AvgIpc) is 3.83. The van der Waals surface area contributed by atoms with Crippen LogP contribution in [0, 0.1) is 0 Å². The number of carbonyl (C=O) groups excluding carboxylic acids is 5. The lowest BCUT2D eigenvalue weighted by Crippen LogP contribution is -2.57. The number of anilines is 3. The highest BCUT2D eigenvalue weighted by Gasteiger charge is 2.47. The predicted octanol–water partition coefficient (Wildman–Crippen LogP) is 6.72. The summed E-state index contributed by atoms with van der Waals surface area (Å²) in [6.07, 6.45) is 6.68. The van der Waals surface area contributed by atoms with E-state index in [0.29, 0.717) is 60.9 Å².